The van der Waals surface area contributed by atoms with Gasteiger partial charge in [-0.15, -0.1) is 0 Å². The minimum absolute atomic E-state index is 0.125. The third-order valence-electron chi connectivity index (χ3n) is 3.92. The predicted octanol–water partition coefficient (Wildman–Crippen LogP) is 2.00. The lowest BCUT2D eigenvalue weighted by Gasteiger charge is -2.11. The van der Waals surface area contributed by atoms with Crippen LogP contribution in [0.2, 0.25) is 0 Å². The lowest BCUT2D eigenvalue weighted by atomic mass is 10.2. The quantitative estimate of drug-likeness (QED) is 0.445. The number of nitrogens with zero attached hydrogens (tertiary/aromatic N) is 1. The summed E-state index contributed by atoms with van der Waals surface area (Å²) in [4.78, 5) is 23.1. The average Bonchev–Trinajstić information content (AvgIpc) is 3.51. The number of amides is 2. The smallest absolute Gasteiger partial charge is 0.329 e. The van der Waals surface area contributed by atoms with Gasteiger partial charge in [-0.25, -0.2) is 5.43 Å². The van der Waals surface area contributed by atoms with Crippen molar-refractivity contribution < 1.29 is 19.1 Å². The van der Waals surface area contributed by atoms with Crippen LogP contribution in [0.3, 0.4) is 0 Å². The van der Waals surface area contributed by atoms with Crippen LogP contribution < -0.4 is 20.2 Å². The van der Waals surface area contributed by atoms with Gasteiger partial charge >= 0.3 is 11.8 Å². The standard InChI is InChI=1S/C20H21N3O4/c1-26-18-11-15(12-21-23-20(25)19(24)22-16-8-9-16)7-10-17(18)27-13-14-5-3-2-4-6-14/h2-7,10-12,16H,8-9,13H2,1H3,(H,22,24)(H,23,25)/b21-12-. The number of ether oxygens (including phenoxy) is 2. The number of benzene rings is 2. The van der Waals surface area contributed by atoms with E-state index in [2.05, 4.69) is 15.8 Å². The first-order valence-corrected chi connectivity index (χ1v) is 8.64. The molecule has 0 atom stereocenters. The zero-order chi connectivity index (χ0) is 19.1. The summed E-state index contributed by atoms with van der Waals surface area (Å²) in [5.41, 5.74) is 3.96. The van der Waals surface area contributed by atoms with E-state index in [0.29, 0.717) is 23.7 Å². The second-order valence-corrected chi connectivity index (χ2v) is 6.13. The molecular weight excluding hydrogens is 346 g/mol. The lowest BCUT2D eigenvalue weighted by Crippen LogP contribution is -2.38. The minimum atomic E-state index is -0.784. The van der Waals surface area contributed by atoms with E-state index in [-0.39, 0.29) is 6.04 Å². The Kier molecular flexibility index (Phi) is 6.04. The molecule has 0 spiro atoms. The summed E-state index contributed by atoms with van der Waals surface area (Å²) in [5, 5.41) is 6.40. The molecule has 2 aromatic rings. The second-order valence-electron chi connectivity index (χ2n) is 6.13. The Morgan fingerprint density at radius 1 is 1.11 bits per heavy atom. The van der Waals surface area contributed by atoms with Crippen molar-refractivity contribution in [3.63, 3.8) is 0 Å². The molecule has 0 heterocycles. The Balaban J connectivity index is 1.56. The molecule has 140 valence electrons. The van der Waals surface area contributed by atoms with Crippen LogP contribution in [0.4, 0.5) is 0 Å². The minimum Gasteiger partial charge on any atom is -0.493 e. The molecule has 2 amide bonds. The van der Waals surface area contributed by atoms with Crippen molar-refractivity contribution in [1.82, 2.24) is 10.7 Å². The van der Waals surface area contributed by atoms with E-state index in [1.807, 2.05) is 30.3 Å². The van der Waals surface area contributed by atoms with Gasteiger partial charge in [0.15, 0.2) is 11.5 Å². The fraction of sp³-hybridized carbons (Fsp3) is 0.250. The Labute approximate surface area is 157 Å². The highest BCUT2D eigenvalue weighted by Crippen LogP contribution is 2.28. The van der Waals surface area contributed by atoms with Gasteiger partial charge in [-0.2, -0.15) is 5.10 Å². The highest BCUT2D eigenvalue weighted by atomic mass is 16.5. The molecule has 27 heavy (non-hydrogen) atoms. The molecule has 0 saturated heterocycles. The number of hydrogen-bond donors (Lipinski definition) is 2. The van der Waals surface area contributed by atoms with E-state index in [1.54, 1.807) is 25.3 Å². The number of rotatable bonds is 7. The predicted molar refractivity (Wildman–Crippen MR) is 101 cm³/mol. The molecule has 0 aromatic heterocycles. The third kappa shape index (κ3) is 5.57. The average molecular weight is 367 g/mol. The van der Waals surface area contributed by atoms with E-state index in [9.17, 15) is 9.59 Å². The van der Waals surface area contributed by atoms with Gasteiger partial charge < -0.3 is 14.8 Å². The monoisotopic (exact) mass is 367 g/mol. The first kappa shape index (κ1) is 18.4. The molecule has 0 aliphatic heterocycles. The molecule has 3 rings (SSSR count). The summed E-state index contributed by atoms with van der Waals surface area (Å²) in [6.45, 7) is 0.427. The van der Waals surface area contributed by atoms with Gasteiger partial charge in [0.1, 0.15) is 6.61 Å². The summed E-state index contributed by atoms with van der Waals surface area (Å²) in [6, 6.07) is 15.2. The highest BCUT2D eigenvalue weighted by Gasteiger charge is 2.26. The molecule has 2 N–H and O–H groups in total. The van der Waals surface area contributed by atoms with Crippen LogP contribution in [0.15, 0.2) is 53.6 Å². The molecule has 1 saturated carbocycles. The van der Waals surface area contributed by atoms with Gasteiger partial charge in [-0.05, 0) is 42.2 Å². The number of hydrogen-bond acceptors (Lipinski definition) is 5. The molecule has 1 aliphatic rings. The van der Waals surface area contributed by atoms with Crippen molar-refractivity contribution in [1.29, 1.82) is 0 Å². The Morgan fingerprint density at radius 2 is 1.89 bits per heavy atom. The molecule has 7 heteroatoms. The van der Waals surface area contributed by atoms with Crippen molar-refractivity contribution in [2.45, 2.75) is 25.5 Å². The summed E-state index contributed by atoms with van der Waals surface area (Å²) in [5.74, 6) is -0.302. The van der Waals surface area contributed by atoms with Gasteiger partial charge in [0.05, 0.1) is 13.3 Å². The van der Waals surface area contributed by atoms with Crippen LogP contribution in [-0.2, 0) is 16.2 Å². The molecule has 1 aliphatic carbocycles. The lowest BCUT2D eigenvalue weighted by molar-refractivity contribution is -0.139. The molecule has 1 fully saturated rings. The number of carbonyl (C=O) groups is 2. The van der Waals surface area contributed by atoms with Crippen LogP contribution in [0, 0.1) is 0 Å². The number of methoxy groups -OCH3 is 1. The fourth-order valence-electron chi connectivity index (χ4n) is 2.31. The second kappa shape index (κ2) is 8.84. The van der Waals surface area contributed by atoms with E-state index in [4.69, 9.17) is 9.47 Å². The van der Waals surface area contributed by atoms with Crippen LogP contribution in [0.1, 0.15) is 24.0 Å². The van der Waals surface area contributed by atoms with Crippen molar-refractivity contribution >= 4 is 18.0 Å². The van der Waals surface area contributed by atoms with Gasteiger partial charge in [0, 0.05) is 6.04 Å². The van der Waals surface area contributed by atoms with Crippen molar-refractivity contribution in [3.8, 4) is 11.5 Å². The number of hydrazone groups is 1. The van der Waals surface area contributed by atoms with Gasteiger partial charge in [0.25, 0.3) is 0 Å². The van der Waals surface area contributed by atoms with E-state index in [0.717, 1.165) is 18.4 Å². The third-order valence-corrected chi connectivity index (χ3v) is 3.92. The summed E-state index contributed by atoms with van der Waals surface area (Å²) in [6.07, 6.45) is 3.27. The van der Waals surface area contributed by atoms with Crippen LogP contribution in [0.5, 0.6) is 11.5 Å². The molecule has 2 aromatic carbocycles. The maximum absolute atomic E-state index is 11.6. The van der Waals surface area contributed by atoms with Crippen LogP contribution in [0.25, 0.3) is 0 Å². The topological polar surface area (TPSA) is 89.0 Å². The molecule has 7 nitrogen and oxygen atoms in total. The fourth-order valence-corrected chi connectivity index (χ4v) is 2.31. The maximum atomic E-state index is 11.6. The van der Waals surface area contributed by atoms with Crippen molar-refractivity contribution in [3.05, 3.63) is 59.7 Å². The van der Waals surface area contributed by atoms with Gasteiger partial charge in [-0.1, -0.05) is 30.3 Å². The largest absolute Gasteiger partial charge is 0.493 e. The number of nitrogens with one attached hydrogen (secondary N) is 2. The molecular formula is C20H21N3O4. The SMILES string of the molecule is COc1cc(/C=N\NC(=O)C(=O)NC2CC2)ccc1OCc1ccccc1. The molecule has 0 bridgehead atoms. The highest BCUT2D eigenvalue weighted by molar-refractivity contribution is 6.35. The normalized spacial score (nSPS) is 13.2. The van der Waals surface area contributed by atoms with Crippen molar-refractivity contribution in [2.75, 3.05) is 7.11 Å². The molecule has 0 radical (unpaired) electrons. The summed E-state index contributed by atoms with van der Waals surface area (Å²) in [7, 11) is 1.55. The van der Waals surface area contributed by atoms with Gasteiger partial charge in [-0.3, -0.25) is 9.59 Å². The summed E-state index contributed by atoms with van der Waals surface area (Å²) < 4.78 is 11.1. The first-order chi connectivity index (χ1) is 13.2. The van der Waals surface area contributed by atoms with E-state index >= 15 is 0 Å². The van der Waals surface area contributed by atoms with Crippen LogP contribution >= 0.6 is 0 Å². The summed E-state index contributed by atoms with van der Waals surface area (Å²) >= 11 is 0. The van der Waals surface area contributed by atoms with Gasteiger partial charge in [0.2, 0.25) is 0 Å². The Morgan fingerprint density at radius 3 is 2.59 bits per heavy atom. The maximum Gasteiger partial charge on any atom is 0.329 e. The Hall–Kier alpha value is -3.35. The zero-order valence-electron chi connectivity index (χ0n) is 15.0. The zero-order valence-corrected chi connectivity index (χ0v) is 15.0. The van der Waals surface area contributed by atoms with E-state index < -0.39 is 11.8 Å². The molecule has 0 unspecified atom stereocenters. The Bertz CT molecular complexity index is 832. The van der Waals surface area contributed by atoms with Crippen LogP contribution in [-0.4, -0.2) is 31.2 Å². The van der Waals surface area contributed by atoms with E-state index in [1.165, 1.54) is 6.21 Å². The first-order valence-electron chi connectivity index (χ1n) is 8.64. The number of carbonyl (C=O) groups excluding carboxylic acids is 2. The van der Waals surface area contributed by atoms with Crippen molar-refractivity contribution in [2.24, 2.45) is 5.10 Å².